The first-order chi connectivity index (χ1) is 9.72. The van der Waals surface area contributed by atoms with Gasteiger partial charge in [-0.3, -0.25) is 4.79 Å². The van der Waals surface area contributed by atoms with E-state index in [2.05, 4.69) is 0 Å². The third-order valence-corrected chi connectivity index (χ3v) is 2.99. The normalized spacial score (nSPS) is 10.3. The molecule has 3 nitrogen and oxygen atoms in total. The molecule has 0 aromatic heterocycles. The fourth-order valence-electron chi connectivity index (χ4n) is 1.88. The van der Waals surface area contributed by atoms with Crippen molar-refractivity contribution in [1.82, 2.24) is 0 Å². The molecule has 0 radical (unpaired) electrons. The van der Waals surface area contributed by atoms with Crippen LogP contribution in [0.3, 0.4) is 0 Å². The summed E-state index contributed by atoms with van der Waals surface area (Å²) in [5.41, 5.74) is 2.37. The van der Waals surface area contributed by atoms with E-state index in [1.165, 1.54) is 0 Å². The lowest BCUT2D eigenvalue weighted by atomic mass is 10.0. The molecule has 0 N–H and O–H groups in total. The van der Waals surface area contributed by atoms with Gasteiger partial charge < -0.3 is 9.47 Å². The van der Waals surface area contributed by atoms with Gasteiger partial charge in [0.15, 0.2) is 5.78 Å². The van der Waals surface area contributed by atoms with Crippen LogP contribution >= 0.6 is 0 Å². The predicted octanol–water partition coefficient (Wildman–Crippen LogP) is 3.25. The maximum Gasteiger partial charge on any atom is 0.196 e. The third kappa shape index (κ3) is 3.45. The Kier molecular flexibility index (Phi) is 4.91. The van der Waals surface area contributed by atoms with E-state index >= 15 is 0 Å². The molecule has 0 unspecified atom stereocenters. The zero-order valence-corrected chi connectivity index (χ0v) is 11.8. The van der Waals surface area contributed by atoms with Gasteiger partial charge in [0, 0.05) is 12.7 Å². The molecular weight excluding hydrogens is 252 g/mol. The van der Waals surface area contributed by atoms with Crippen molar-refractivity contribution in [3.05, 3.63) is 65.2 Å². The number of ketones is 1. The standard InChI is InChI=1S/C17H18O3/c1-13-7-9-14(10-8-13)17(18)15-5-3-4-6-16(15)20-12-11-19-2/h3-10H,11-12H2,1-2H3. The highest BCUT2D eigenvalue weighted by Gasteiger charge is 2.13. The van der Waals surface area contributed by atoms with Crippen LogP contribution in [-0.2, 0) is 4.74 Å². The highest BCUT2D eigenvalue weighted by atomic mass is 16.5. The Labute approximate surface area is 119 Å². The largest absolute Gasteiger partial charge is 0.490 e. The van der Waals surface area contributed by atoms with Gasteiger partial charge in [-0.1, -0.05) is 42.0 Å². The molecule has 0 saturated carbocycles. The SMILES string of the molecule is COCCOc1ccccc1C(=O)c1ccc(C)cc1. The van der Waals surface area contributed by atoms with Crippen LogP contribution in [0.2, 0.25) is 0 Å². The Hall–Kier alpha value is -2.13. The van der Waals surface area contributed by atoms with Gasteiger partial charge in [0.05, 0.1) is 12.2 Å². The van der Waals surface area contributed by atoms with E-state index in [4.69, 9.17) is 9.47 Å². The minimum Gasteiger partial charge on any atom is -0.490 e. The van der Waals surface area contributed by atoms with E-state index < -0.39 is 0 Å². The second kappa shape index (κ2) is 6.87. The number of ether oxygens (including phenoxy) is 2. The quantitative estimate of drug-likeness (QED) is 0.597. The molecule has 104 valence electrons. The summed E-state index contributed by atoms with van der Waals surface area (Å²) in [5, 5.41) is 0. The van der Waals surface area contributed by atoms with Gasteiger partial charge in [0.25, 0.3) is 0 Å². The van der Waals surface area contributed by atoms with E-state index in [0.29, 0.717) is 30.1 Å². The number of carbonyl (C=O) groups is 1. The zero-order chi connectivity index (χ0) is 14.4. The minimum absolute atomic E-state index is 0.0296. The van der Waals surface area contributed by atoms with Crippen LogP contribution in [0.5, 0.6) is 5.75 Å². The van der Waals surface area contributed by atoms with Gasteiger partial charge in [-0.05, 0) is 19.1 Å². The Bertz CT molecular complexity index is 573. The van der Waals surface area contributed by atoms with Gasteiger partial charge in [0.2, 0.25) is 0 Å². The summed E-state index contributed by atoms with van der Waals surface area (Å²) in [6.45, 7) is 2.91. The minimum atomic E-state index is -0.0296. The maximum absolute atomic E-state index is 12.5. The van der Waals surface area contributed by atoms with Gasteiger partial charge in [0.1, 0.15) is 12.4 Å². The van der Waals surface area contributed by atoms with Crippen molar-refractivity contribution in [3.8, 4) is 5.75 Å². The molecule has 0 amide bonds. The Balaban J connectivity index is 2.23. The van der Waals surface area contributed by atoms with Crippen LogP contribution in [0.15, 0.2) is 48.5 Å². The number of para-hydroxylation sites is 1. The summed E-state index contributed by atoms with van der Waals surface area (Å²) in [6.07, 6.45) is 0. The molecule has 2 aromatic carbocycles. The number of hydrogen-bond acceptors (Lipinski definition) is 3. The molecule has 0 saturated heterocycles. The molecule has 0 bridgehead atoms. The van der Waals surface area contributed by atoms with Crippen molar-refractivity contribution in [2.45, 2.75) is 6.92 Å². The van der Waals surface area contributed by atoms with Gasteiger partial charge in [-0.2, -0.15) is 0 Å². The van der Waals surface area contributed by atoms with Crippen molar-refractivity contribution in [3.63, 3.8) is 0 Å². The molecule has 2 aromatic rings. The van der Waals surface area contributed by atoms with Gasteiger partial charge in [-0.15, -0.1) is 0 Å². The molecule has 20 heavy (non-hydrogen) atoms. The summed E-state index contributed by atoms with van der Waals surface area (Å²) < 4.78 is 10.5. The molecule has 0 aliphatic heterocycles. The molecular formula is C17H18O3. The summed E-state index contributed by atoms with van der Waals surface area (Å²) in [4.78, 5) is 12.5. The highest BCUT2D eigenvalue weighted by molar-refractivity contribution is 6.10. The van der Waals surface area contributed by atoms with Crippen molar-refractivity contribution in [1.29, 1.82) is 0 Å². The summed E-state index contributed by atoms with van der Waals surface area (Å²) >= 11 is 0. The fraction of sp³-hybridized carbons (Fsp3) is 0.235. The van der Waals surface area contributed by atoms with Crippen molar-refractivity contribution >= 4 is 5.78 Å². The smallest absolute Gasteiger partial charge is 0.196 e. The molecule has 2 rings (SSSR count). The van der Waals surface area contributed by atoms with Crippen LogP contribution in [0, 0.1) is 6.92 Å². The average molecular weight is 270 g/mol. The molecule has 0 heterocycles. The lowest BCUT2D eigenvalue weighted by Crippen LogP contribution is -2.09. The number of benzene rings is 2. The van der Waals surface area contributed by atoms with E-state index in [9.17, 15) is 4.79 Å². The van der Waals surface area contributed by atoms with Crippen molar-refractivity contribution < 1.29 is 14.3 Å². The zero-order valence-electron chi connectivity index (χ0n) is 11.8. The Morgan fingerprint density at radius 2 is 1.70 bits per heavy atom. The van der Waals surface area contributed by atoms with E-state index in [1.54, 1.807) is 19.2 Å². The molecule has 0 atom stereocenters. The summed E-state index contributed by atoms with van der Waals surface area (Å²) in [5.74, 6) is 0.563. The van der Waals surface area contributed by atoms with Crippen molar-refractivity contribution in [2.24, 2.45) is 0 Å². The summed E-state index contributed by atoms with van der Waals surface area (Å²) in [7, 11) is 1.62. The monoisotopic (exact) mass is 270 g/mol. The highest BCUT2D eigenvalue weighted by Crippen LogP contribution is 2.21. The number of carbonyl (C=O) groups excluding carboxylic acids is 1. The van der Waals surface area contributed by atoms with Crippen LogP contribution in [0.4, 0.5) is 0 Å². The molecule has 0 aliphatic carbocycles. The Morgan fingerprint density at radius 3 is 2.40 bits per heavy atom. The lowest BCUT2D eigenvalue weighted by Gasteiger charge is -2.10. The van der Waals surface area contributed by atoms with Crippen LogP contribution < -0.4 is 4.74 Å². The topological polar surface area (TPSA) is 35.5 Å². The lowest BCUT2D eigenvalue weighted by molar-refractivity contribution is 0.103. The fourth-order valence-corrected chi connectivity index (χ4v) is 1.88. The summed E-state index contributed by atoms with van der Waals surface area (Å²) in [6, 6.07) is 14.8. The molecule has 0 aliphatic rings. The van der Waals surface area contributed by atoms with Crippen LogP contribution in [0.25, 0.3) is 0 Å². The first kappa shape index (κ1) is 14.3. The molecule has 0 fully saturated rings. The van der Waals surface area contributed by atoms with E-state index in [0.717, 1.165) is 5.56 Å². The van der Waals surface area contributed by atoms with Gasteiger partial charge in [-0.25, -0.2) is 0 Å². The molecule has 0 spiro atoms. The number of aryl methyl sites for hydroxylation is 1. The van der Waals surface area contributed by atoms with Crippen molar-refractivity contribution in [2.75, 3.05) is 20.3 Å². The third-order valence-electron chi connectivity index (χ3n) is 2.99. The number of methoxy groups -OCH3 is 1. The number of hydrogen-bond donors (Lipinski definition) is 0. The van der Waals surface area contributed by atoms with Crippen LogP contribution in [0.1, 0.15) is 21.5 Å². The van der Waals surface area contributed by atoms with Gasteiger partial charge >= 0.3 is 0 Å². The van der Waals surface area contributed by atoms with E-state index in [1.807, 2.05) is 43.3 Å². The second-order valence-corrected chi connectivity index (χ2v) is 4.53. The first-order valence-corrected chi connectivity index (χ1v) is 6.54. The molecule has 3 heteroatoms. The first-order valence-electron chi connectivity index (χ1n) is 6.54. The maximum atomic E-state index is 12.5. The predicted molar refractivity (Wildman–Crippen MR) is 78.4 cm³/mol. The average Bonchev–Trinajstić information content (AvgIpc) is 2.48. The van der Waals surface area contributed by atoms with E-state index in [-0.39, 0.29) is 5.78 Å². The number of rotatable bonds is 6. The van der Waals surface area contributed by atoms with Crippen LogP contribution in [-0.4, -0.2) is 26.1 Å². The second-order valence-electron chi connectivity index (χ2n) is 4.53. The Morgan fingerprint density at radius 1 is 1.00 bits per heavy atom.